The Hall–Kier alpha value is -0.870. The fourth-order valence-corrected chi connectivity index (χ4v) is 2.15. The number of hydrogen-bond acceptors (Lipinski definition) is 3. The van der Waals surface area contributed by atoms with Gasteiger partial charge in [0, 0.05) is 16.5 Å². The van der Waals surface area contributed by atoms with Crippen molar-refractivity contribution in [2.24, 2.45) is 0 Å². The normalized spacial score (nSPS) is 11.2. The van der Waals surface area contributed by atoms with Crippen LogP contribution in [-0.2, 0) is 10.5 Å². The van der Waals surface area contributed by atoms with Crippen molar-refractivity contribution in [3.8, 4) is 0 Å². The lowest BCUT2D eigenvalue weighted by Gasteiger charge is -2.19. The van der Waals surface area contributed by atoms with Gasteiger partial charge in [0.15, 0.2) is 0 Å². The van der Waals surface area contributed by atoms with Gasteiger partial charge in [-0.2, -0.15) is 11.8 Å². The summed E-state index contributed by atoms with van der Waals surface area (Å²) in [4.78, 5) is 11.6. The van der Waals surface area contributed by atoms with Crippen LogP contribution in [0.4, 0.5) is 10.5 Å². The summed E-state index contributed by atoms with van der Waals surface area (Å²) in [5.41, 5.74) is 1.19. The molecule has 0 atom stereocenters. The Bertz CT molecular complexity index is 429. The van der Waals surface area contributed by atoms with Gasteiger partial charge in [0.25, 0.3) is 0 Å². The van der Waals surface area contributed by atoms with Gasteiger partial charge in [-0.15, -0.1) is 0 Å². The first-order valence-corrected chi connectivity index (χ1v) is 7.36. The van der Waals surface area contributed by atoms with E-state index in [1.54, 1.807) is 23.9 Å². The molecule has 5 heteroatoms. The second-order valence-electron chi connectivity index (χ2n) is 4.87. The Morgan fingerprint density at radius 2 is 2.11 bits per heavy atom. The number of amides is 1. The molecule has 0 aliphatic carbocycles. The van der Waals surface area contributed by atoms with Crippen molar-refractivity contribution in [2.45, 2.75) is 32.1 Å². The average molecular weight is 288 g/mol. The molecule has 0 aromatic heterocycles. The van der Waals surface area contributed by atoms with Gasteiger partial charge in [-0.3, -0.25) is 5.32 Å². The fraction of sp³-hybridized carbons (Fsp3) is 0.462. The van der Waals surface area contributed by atoms with E-state index in [4.69, 9.17) is 16.3 Å². The number of nitrogens with one attached hydrogen (secondary N) is 1. The van der Waals surface area contributed by atoms with E-state index in [-0.39, 0.29) is 0 Å². The minimum Gasteiger partial charge on any atom is -0.444 e. The van der Waals surface area contributed by atoms with Gasteiger partial charge in [0.2, 0.25) is 0 Å². The van der Waals surface area contributed by atoms with Crippen LogP contribution in [0, 0.1) is 0 Å². The molecule has 1 rings (SSSR count). The summed E-state index contributed by atoms with van der Waals surface area (Å²) in [6, 6.07) is 5.40. The van der Waals surface area contributed by atoms with Gasteiger partial charge in [-0.25, -0.2) is 4.79 Å². The van der Waals surface area contributed by atoms with Crippen molar-refractivity contribution < 1.29 is 9.53 Å². The molecule has 0 unspecified atom stereocenters. The van der Waals surface area contributed by atoms with Crippen LogP contribution in [0.5, 0.6) is 0 Å². The van der Waals surface area contributed by atoms with E-state index in [2.05, 4.69) is 5.32 Å². The van der Waals surface area contributed by atoms with Crippen LogP contribution < -0.4 is 5.32 Å². The molecule has 0 heterocycles. The van der Waals surface area contributed by atoms with E-state index >= 15 is 0 Å². The van der Waals surface area contributed by atoms with Gasteiger partial charge in [0.1, 0.15) is 5.60 Å². The van der Waals surface area contributed by atoms with Crippen molar-refractivity contribution >= 4 is 35.1 Å². The van der Waals surface area contributed by atoms with Gasteiger partial charge in [-0.05, 0) is 50.8 Å². The molecular weight excluding hydrogens is 270 g/mol. The van der Waals surface area contributed by atoms with Crippen LogP contribution >= 0.6 is 23.4 Å². The molecule has 0 aliphatic heterocycles. The Balaban J connectivity index is 2.73. The maximum absolute atomic E-state index is 11.6. The number of hydrogen-bond donors (Lipinski definition) is 1. The molecule has 0 aliphatic rings. The Kier molecular flexibility index (Phi) is 5.35. The van der Waals surface area contributed by atoms with Crippen LogP contribution in [-0.4, -0.2) is 18.0 Å². The van der Waals surface area contributed by atoms with E-state index in [1.807, 2.05) is 33.1 Å². The number of carbonyl (C=O) groups excluding carboxylic acids is 1. The van der Waals surface area contributed by atoms with Crippen LogP contribution in [0.1, 0.15) is 26.3 Å². The zero-order valence-electron chi connectivity index (χ0n) is 11.0. The zero-order chi connectivity index (χ0) is 13.8. The minimum absolute atomic E-state index is 0.458. The lowest BCUT2D eigenvalue weighted by molar-refractivity contribution is 0.0636. The summed E-state index contributed by atoms with van der Waals surface area (Å²) >= 11 is 7.74. The number of ether oxygens (including phenoxy) is 1. The third-order valence-electron chi connectivity index (χ3n) is 1.99. The third kappa shape index (κ3) is 5.19. The van der Waals surface area contributed by atoms with Crippen LogP contribution in [0.2, 0.25) is 5.02 Å². The van der Waals surface area contributed by atoms with E-state index in [0.717, 1.165) is 11.3 Å². The molecule has 0 fully saturated rings. The van der Waals surface area contributed by atoms with Gasteiger partial charge in [0.05, 0.1) is 0 Å². The lowest BCUT2D eigenvalue weighted by atomic mass is 10.2. The van der Waals surface area contributed by atoms with Crippen LogP contribution in [0.15, 0.2) is 18.2 Å². The predicted molar refractivity (Wildman–Crippen MR) is 78.5 cm³/mol. The number of anilines is 1. The molecule has 0 saturated heterocycles. The third-order valence-corrected chi connectivity index (χ3v) is 2.96. The molecule has 0 saturated carbocycles. The molecular formula is C13H18ClNO2S. The van der Waals surface area contributed by atoms with Crippen molar-refractivity contribution in [3.05, 3.63) is 28.8 Å². The fourth-order valence-electron chi connectivity index (χ4n) is 1.34. The van der Waals surface area contributed by atoms with E-state index in [0.29, 0.717) is 10.7 Å². The highest BCUT2D eigenvalue weighted by molar-refractivity contribution is 7.97. The summed E-state index contributed by atoms with van der Waals surface area (Å²) in [5, 5.41) is 3.40. The number of thioether (sulfide) groups is 1. The smallest absolute Gasteiger partial charge is 0.412 e. The molecule has 100 valence electrons. The molecule has 18 heavy (non-hydrogen) atoms. The first-order valence-electron chi connectivity index (χ1n) is 5.59. The Morgan fingerprint density at radius 1 is 1.44 bits per heavy atom. The van der Waals surface area contributed by atoms with E-state index in [1.165, 1.54) is 0 Å². The number of carbonyl (C=O) groups is 1. The van der Waals surface area contributed by atoms with Crippen LogP contribution in [0.25, 0.3) is 0 Å². The Labute approximate surface area is 117 Å². The highest BCUT2D eigenvalue weighted by atomic mass is 35.5. The highest BCUT2D eigenvalue weighted by Gasteiger charge is 2.16. The van der Waals surface area contributed by atoms with Crippen molar-refractivity contribution in [1.82, 2.24) is 0 Å². The van der Waals surface area contributed by atoms with Gasteiger partial charge < -0.3 is 4.74 Å². The monoisotopic (exact) mass is 287 g/mol. The minimum atomic E-state index is -0.501. The molecule has 1 amide bonds. The summed E-state index contributed by atoms with van der Waals surface area (Å²) in [5.74, 6) is 0.808. The largest absolute Gasteiger partial charge is 0.444 e. The van der Waals surface area contributed by atoms with E-state index in [9.17, 15) is 4.79 Å². The lowest BCUT2D eigenvalue weighted by Crippen LogP contribution is -2.27. The molecule has 1 N–H and O–H groups in total. The molecule has 3 nitrogen and oxygen atoms in total. The SMILES string of the molecule is CSCc1cc(NC(=O)OC(C)(C)C)ccc1Cl. The summed E-state index contributed by atoms with van der Waals surface area (Å²) < 4.78 is 5.18. The molecule has 0 bridgehead atoms. The van der Waals surface area contributed by atoms with Crippen molar-refractivity contribution in [2.75, 3.05) is 11.6 Å². The first-order chi connectivity index (χ1) is 8.31. The first kappa shape index (κ1) is 15.2. The summed E-state index contributed by atoms with van der Waals surface area (Å²) in [6.45, 7) is 5.48. The van der Waals surface area contributed by atoms with Gasteiger partial charge in [-0.1, -0.05) is 11.6 Å². The molecule has 1 aromatic rings. The zero-order valence-corrected chi connectivity index (χ0v) is 12.6. The van der Waals surface area contributed by atoms with E-state index < -0.39 is 11.7 Å². The van der Waals surface area contributed by atoms with Gasteiger partial charge >= 0.3 is 6.09 Å². The molecule has 1 aromatic carbocycles. The average Bonchev–Trinajstić information content (AvgIpc) is 2.20. The number of rotatable bonds is 3. The number of benzene rings is 1. The second kappa shape index (κ2) is 6.34. The van der Waals surface area contributed by atoms with Crippen molar-refractivity contribution in [3.63, 3.8) is 0 Å². The molecule has 0 radical (unpaired) electrons. The predicted octanol–water partition coefficient (Wildman–Crippen LogP) is 4.55. The second-order valence-corrected chi connectivity index (χ2v) is 6.14. The van der Waals surface area contributed by atoms with Crippen molar-refractivity contribution in [1.29, 1.82) is 0 Å². The maximum Gasteiger partial charge on any atom is 0.412 e. The Morgan fingerprint density at radius 3 is 2.67 bits per heavy atom. The van der Waals surface area contributed by atoms with Crippen LogP contribution in [0.3, 0.4) is 0 Å². The standard InChI is InChI=1S/C13H18ClNO2S/c1-13(2,3)17-12(16)15-10-5-6-11(14)9(7-10)8-18-4/h5-7H,8H2,1-4H3,(H,15,16). The highest BCUT2D eigenvalue weighted by Crippen LogP contribution is 2.24. The number of halogens is 1. The summed E-state index contributed by atoms with van der Waals surface area (Å²) in [6.07, 6.45) is 1.55. The topological polar surface area (TPSA) is 38.3 Å². The maximum atomic E-state index is 11.6. The quantitative estimate of drug-likeness (QED) is 0.886. The summed E-state index contributed by atoms with van der Waals surface area (Å²) in [7, 11) is 0. The molecule has 0 spiro atoms.